The molecule has 0 atom stereocenters. The number of nitrogens with zero attached hydrogens (tertiary/aromatic N) is 6. The van der Waals surface area contributed by atoms with Crippen LogP contribution in [0.2, 0.25) is 5.02 Å². The van der Waals surface area contributed by atoms with Gasteiger partial charge in [-0.3, -0.25) is 0 Å². The predicted octanol–water partition coefficient (Wildman–Crippen LogP) is 3.22. The molecule has 0 bridgehead atoms. The molecule has 3 aromatic heterocycles. The maximum absolute atomic E-state index is 14.1. The number of hydrogen-bond donors (Lipinski definition) is 2. The van der Waals surface area contributed by atoms with Gasteiger partial charge in [0.1, 0.15) is 35.4 Å². The first kappa shape index (κ1) is 15.9. The van der Waals surface area contributed by atoms with E-state index >= 15 is 0 Å². The zero-order valence-corrected chi connectivity index (χ0v) is 13.7. The number of fused-ring (bicyclic) bond motifs is 1. The van der Waals surface area contributed by atoms with Gasteiger partial charge in [-0.15, -0.1) is 0 Å². The monoisotopic (exact) mass is 366 g/mol. The molecule has 0 aliphatic heterocycles. The van der Waals surface area contributed by atoms with Gasteiger partial charge in [0.15, 0.2) is 17.2 Å². The molecule has 4 aromatic rings. The molecule has 26 heavy (non-hydrogen) atoms. The number of aromatic amines is 1. The van der Waals surface area contributed by atoms with E-state index in [4.69, 9.17) is 16.9 Å². The molecular weight excluding hydrogens is 359 g/mol. The van der Waals surface area contributed by atoms with Crippen molar-refractivity contribution in [1.82, 2.24) is 29.9 Å². The number of aromatic nitrogens is 6. The minimum atomic E-state index is -0.503. The third-order valence-electron chi connectivity index (χ3n) is 3.50. The summed E-state index contributed by atoms with van der Waals surface area (Å²) in [4.78, 5) is 23.5. The molecule has 0 saturated carbocycles. The Labute approximate surface area is 150 Å². The third-order valence-corrected chi connectivity index (χ3v) is 3.82. The second kappa shape index (κ2) is 6.34. The van der Waals surface area contributed by atoms with Crippen molar-refractivity contribution in [2.45, 2.75) is 0 Å². The van der Waals surface area contributed by atoms with Crippen molar-refractivity contribution >= 4 is 34.4 Å². The maximum Gasteiger partial charge on any atom is 0.183 e. The number of anilines is 2. The highest BCUT2D eigenvalue weighted by atomic mass is 35.5. The van der Waals surface area contributed by atoms with Gasteiger partial charge in [0.25, 0.3) is 0 Å². The van der Waals surface area contributed by atoms with E-state index in [1.807, 2.05) is 6.07 Å². The van der Waals surface area contributed by atoms with Crippen LogP contribution in [0.15, 0.2) is 36.9 Å². The van der Waals surface area contributed by atoms with E-state index in [0.29, 0.717) is 22.8 Å². The summed E-state index contributed by atoms with van der Waals surface area (Å²) in [6, 6.07) is 6.27. The zero-order valence-electron chi connectivity index (χ0n) is 12.9. The van der Waals surface area contributed by atoms with Gasteiger partial charge in [0.05, 0.1) is 23.0 Å². The number of hydrogen-bond acceptors (Lipinski definition) is 7. The highest BCUT2D eigenvalue weighted by molar-refractivity contribution is 6.33. The van der Waals surface area contributed by atoms with E-state index in [2.05, 4.69) is 35.2 Å². The molecule has 126 valence electrons. The lowest BCUT2D eigenvalue weighted by Crippen LogP contribution is -1.99. The number of imidazole rings is 1. The summed E-state index contributed by atoms with van der Waals surface area (Å²) in [5, 5.41) is 12.0. The highest BCUT2D eigenvalue weighted by Crippen LogP contribution is 2.31. The summed E-state index contributed by atoms with van der Waals surface area (Å²) in [6.45, 7) is 0. The topological polar surface area (TPSA) is 116 Å². The van der Waals surface area contributed by atoms with Crippen molar-refractivity contribution < 1.29 is 4.39 Å². The van der Waals surface area contributed by atoms with Crippen LogP contribution >= 0.6 is 11.6 Å². The lowest BCUT2D eigenvalue weighted by Gasteiger charge is -2.04. The van der Waals surface area contributed by atoms with Crippen molar-refractivity contribution in [3.05, 3.63) is 53.5 Å². The number of halogens is 2. The van der Waals surface area contributed by atoms with Crippen LogP contribution in [0.1, 0.15) is 5.69 Å². The SMILES string of the molecule is N#Cc1cnc(Nc2ncnc3nc(-c4c(F)cccc4Cl)[nH]c23)cn1. The largest absolute Gasteiger partial charge is 0.333 e. The van der Waals surface area contributed by atoms with Crippen molar-refractivity contribution in [2.24, 2.45) is 0 Å². The van der Waals surface area contributed by atoms with Crippen LogP contribution in [0, 0.1) is 17.1 Å². The number of nitriles is 1. The van der Waals surface area contributed by atoms with Crippen molar-refractivity contribution in [3.63, 3.8) is 0 Å². The van der Waals surface area contributed by atoms with E-state index in [9.17, 15) is 4.39 Å². The van der Waals surface area contributed by atoms with Gasteiger partial charge in [0.2, 0.25) is 0 Å². The molecule has 10 heteroatoms. The van der Waals surface area contributed by atoms with Crippen LogP contribution in [0.5, 0.6) is 0 Å². The Balaban J connectivity index is 1.77. The lowest BCUT2D eigenvalue weighted by molar-refractivity contribution is 0.630. The molecule has 0 radical (unpaired) electrons. The molecule has 0 amide bonds. The first-order chi connectivity index (χ1) is 12.7. The van der Waals surface area contributed by atoms with Gasteiger partial charge >= 0.3 is 0 Å². The Morgan fingerprint density at radius 2 is 2.04 bits per heavy atom. The van der Waals surface area contributed by atoms with E-state index in [1.54, 1.807) is 6.07 Å². The van der Waals surface area contributed by atoms with Gasteiger partial charge in [-0.1, -0.05) is 17.7 Å². The van der Waals surface area contributed by atoms with Crippen LogP contribution in [-0.4, -0.2) is 29.9 Å². The smallest absolute Gasteiger partial charge is 0.183 e. The fraction of sp³-hybridized carbons (Fsp3) is 0. The van der Waals surface area contributed by atoms with Crippen LogP contribution in [-0.2, 0) is 0 Å². The standard InChI is InChI=1S/C16H8ClFN8/c17-9-2-1-3-10(18)12(9)14-25-13-15(22-7-23-16(13)26-14)24-11-6-20-8(4-19)5-21-11/h1-3,5-7H,(H2,21,22,23,24,25,26). The van der Waals surface area contributed by atoms with Crippen molar-refractivity contribution in [2.75, 3.05) is 5.32 Å². The third kappa shape index (κ3) is 2.78. The highest BCUT2D eigenvalue weighted by Gasteiger charge is 2.16. The van der Waals surface area contributed by atoms with Crippen LogP contribution < -0.4 is 5.32 Å². The fourth-order valence-corrected chi connectivity index (χ4v) is 2.59. The second-order valence-corrected chi connectivity index (χ2v) is 5.53. The predicted molar refractivity (Wildman–Crippen MR) is 92.1 cm³/mol. The minimum Gasteiger partial charge on any atom is -0.333 e. The number of benzene rings is 1. The number of nitrogens with one attached hydrogen (secondary N) is 2. The summed E-state index contributed by atoms with van der Waals surface area (Å²) in [5.74, 6) is 0.485. The number of H-pyrrole nitrogens is 1. The van der Waals surface area contributed by atoms with Gasteiger partial charge in [-0.05, 0) is 12.1 Å². The van der Waals surface area contributed by atoms with E-state index in [0.717, 1.165) is 0 Å². The second-order valence-electron chi connectivity index (χ2n) is 5.13. The van der Waals surface area contributed by atoms with Crippen LogP contribution in [0.25, 0.3) is 22.6 Å². The van der Waals surface area contributed by atoms with E-state index in [-0.39, 0.29) is 22.1 Å². The van der Waals surface area contributed by atoms with Gasteiger partial charge < -0.3 is 10.3 Å². The normalized spacial score (nSPS) is 10.7. The Morgan fingerprint density at radius 1 is 1.15 bits per heavy atom. The van der Waals surface area contributed by atoms with Crippen molar-refractivity contribution in [3.8, 4) is 17.5 Å². The van der Waals surface area contributed by atoms with E-state index < -0.39 is 5.82 Å². The molecule has 4 rings (SSSR count). The summed E-state index contributed by atoms with van der Waals surface area (Å²) in [6.07, 6.45) is 4.05. The van der Waals surface area contributed by atoms with E-state index in [1.165, 1.54) is 30.9 Å². The molecule has 0 aliphatic carbocycles. The van der Waals surface area contributed by atoms with Gasteiger partial charge in [0, 0.05) is 0 Å². The average molecular weight is 367 g/mol. The number of rotatable bonds is 3. The molecule has 8 nitrogen and oxygen atoms in total. The van der Waals surface area contributed by atoms with Crippen LogP contribution in [0.3, 0.4) is 0 Å². The quantitative estimate of drug-likeness (QED) is 0.571. The lowest BCUT2D eigenvalue weighted by atomic mass is 10.2. The van der Waals surface area contributed by atoms with Gasteiger partial charge in [-0.25, -0.2) is 29.3 Å². The summed E-state index contributed by atoms with van der Waals surface area (Å²) in [5.41, 5.74) is 1.13. The summed E-state index contributed by atoms with van der Waals surface area (Å²) in [7, 11) is 0. The Bertz CT molecular complexity index is 1130. The van der Waals surface area contributed by atoms with Crippen LogP contribution in [0.4, 0.5) is 16.0 Å². The first-order valence-electron chi connectivity index (χ1n) is 7.30. The fourth-order valence-electron chi connectivity index (χ4n) is 2.34. The Morgan fingerprint density at radius 3 is 2.77 bits per heavy atom. The molecule has 2 N–H and O–H groups in total. The zero-order chi connectivity index (χ0) is 18.1. The molecule has 0 saturated heterocycles. The molecule has 0 fully saturated rings. The summed E-state index contributed by atoms with van der Waals surface area (Å²) < 4.78 is 14.1. The molecule has 1 aromatic carbocycles. The first-order valence-corrected chi connectivity index (χ1v) is 7.68. The summed E-state index contributed by atoms with van der Waals surface area (Å²) >= 11 is 6.09. The molecular formula is C16H8ClFN8. The van der Waals surface area contributed by atoms with Gasteiger partial charge in [-0.2, -0.15) is 5.26 Å². The molecule has 0 unspecified atom stereocenters. The molecule has 3 heterocycles. The maximum atomic E-state index is 14.1. The average Bonchev–Trinajstić information content (AvgIpc) is 3.07. The Hall–Kier alpha value is -3.64. The minimum absolute atomic E-state index is 0.149. The molecule has 0 spiro atoms. The Kier molecular flexibility index (Phi) is 3.87. The van der Waals surface area contributed by atoms with Crippen molar-refractivity contribution in [1.29, 1.82) is 5.26 Å². The molecule has 0 aliphatic rings.